The molecule has 0 aromatic carbocycles. The molecule has 2 heterocycles. The third-order valence-corrected chi connectivity index (χ3v) is 4.01. The van der Waals surface area contributed by atoms with Gasteiger partial charge in [-0.3, -0.25) is 14.5 Å². The van der Waals surface area contributed by atoms with Gasteiger partial charge in [0.2, 0.25) is 0 Å². The van der Waals surface area contributed by atoms with Crippen molar-refractivity contribution in [1.82, 2.24) is 20.0 Å². The van der Waals surface area contributed by atoms with Crippen molar-refractivity contribution in [2.45, 2.75) is 38.8 Å². The summed E-state index contributed by atoms with van der Waals surface area (Å²) < 4.78 is 1.74. The molecule has 1 fully saturated rings. The molecular formula is C15H23N5O4. The van der Waals surface area contributed by atoms with E-state index >= 15 is 0 Å². The number of anilines is 1. The second-order valence-electron chi connectivity index (χ2n) is 5.70. The Hall–Kier alpha value is -2.58. The fourth-order valence-electron chi connectivity index (χ4n) is 2.66. The van der Waals surface area contributed by atoms with Crippen molar-refractivity contribution in [1.29, 1.82) is 0 Å². The Labute approximate surface area is 140 Å². The number of carboxylic acids is 1. The molecule has 0 aliphatic carbocycles. The fraction of sp³-hybridized carbons (Fsp3) is 0.600. The Morgan fingerprint density at radius 3 is 2.92 bits per heavy atom. The van der Waals surface area contributed by atoms with Crippen LogP contribution in [0.25, 0.3) is 0 Å². The molecule has 3 amide bonds. The number of aromatic nitrogens is 2. The molecule has 1 aliphatic heterocycles. The van der Waals surface area contributed by atoms with E-state index in [0.717, 1.165) is 12.2 Å². The Balaban J connectivity index is 2.00. The second kappa shape index (κ2) is 7.80. The van der Waals surface area contributed by atoms with E-state index < -0.39 is 18.0 Å². The topological polar surface area (TPSA) is 108 Å². The zero-order valence-corrected chi connectivity index (χ0v) is 13.9. The first-order valence-corrected chi connectivity index (χ1v) is 8.00. The van der Waals surface area contributed by atoms with Gasteiger partial charge in [-0.15, -0.1) is 0 Å². The van der Waals surface area contributed by atoms with Crippen LogP contribution < -0.4 is 10.2 Å². The van der Waals surface area contributed by atoms with Crippen molar-refractivity contribution >= 4 is 23.7 Å². The number of amides is 3. The van der Waals surface area contributed by atoms with Crippen molar-refractivity contribution in [3.63, 3.8) is 0 Å². The molecule has 1 aliphatic rings. The monoisotopic (exact) mass is 337 g/mol. The minimum atomic E-state index is -0.970. The number of nitrogens with zero attached hydrogens (tertiary/aromatic N) is 4. The van der Waals surface area contributed by atoms with Gasteiger partial charge in [0.05, 0.1) is 12.6 Å². The lowest BCUT2D eigenvalue weighted by atomic mass is 10.0. The Morgan fingerprint density at radius 2 is 2.25 bits per heavy atom. The van der Waals surface area contributed by atoms with Gasteiger partial charge in [-0.05, 0) is 19.8 Å². The number of aliphatic carboxylic acids is 1. The van der Waals surface area contributed by atoms with Gasteiger partial charge in [-0.2, -0.15) is 5.10 Å². The van der Waals surface area contributed by atoms with Crippen LogP contribution in [0.1, 0.15) is 26.2 Å². The lowest BCUT2D eigenvalue weighted by Gasteiger charge is -2.33. The van der Waals surface area contributed by atoms with Gasteiger partial charge < -0.3 is 15.3 Å². The Morgan fingerprint density at radius 1 is 1.50 bits per heavy atom. The van der Waals surface area contributed by atoms with Crippen LogP contribution >= 0.6 is 0 Å². The van der Waals surface area contributed by atoms with Gasteiger partial charge in [0.25, 0.3) is 5.91 Å². The summed E-state index contributed by atoms with van der Waals surface area (Å²) in [5.41, 5.74) is 0. The maximum atomic E-state index is 12.7. The number of piperidine rings is 1. The molecule has 2 rings (SSSR count). The van der Waals surface area contributed by atoms with Crippen molar-refractivity contribution in [2.75, 3.05) is 25.0 Å². The lowest BCUT2D eigenvalue weighted by Crippen LogP contribution is -2.55. The van der Waals surface area contributed by atoms with Crippen LogP contribution in [-0.4, -0.2) is 63.9 Å². The average Bonchev–Trinajstić information content (AvgIpc) is 3.02. The van der Waals surface area contributed by atoms with E-state index in [1.54, 1.807) is 21.8 Å². The molecule has 1 saturated heterocycles. The maximum Gasteiger partial charge on any atom is 0.317 e. The molecule has 2 N–H and O–H groups in total. The van der Waals surface area contributed by atoms with E-state index in [9.17, 15) is 14.4 Å². The lowest BCUT2D eigenvalue weighted by molar-refractivity contribution is -0.137. The SMILES string of the molecule is CCn1nccc1N1CCCC(NC(=O)N(C)CCC(=O)O)C1=O. The van der Waals surface area contributed by atoms with Gasteiger partial charge >= 0.3 is 12.0 Å². The summed E-state index contributed by atoms with van der Waals surface area (Å²) in [4.78, 5) is 38.3. The fourth-order valence-corrected chi connectivity index (χ4v) is 2.66. The molecule has 1 atom stereocenters. The Kier molecular flexibility index (Phi) is 5.78. The molecular weight excluding hydrogens is 314 g/mol. The smallest absolute Gasteiger partial charge is 0.317 e. The van der Waals surface area contributed by atoms with Gasteiger partial charge in [0, 0.05) is 32.7 Å². The molecule has 132 valence electrons. The summed E-state index contributed by atoms with van der Waals surface area (Å²) in [7, 11) is 1.51. The molecule has 0 radical (unpaired) electrons. The van der Waals surface area contributed by atoms with Gasteiger partial charge in [0.15, 0.2) is 0 Å². The first kappa shape index (κ1) is 17.8. The number of rotatable bonds is 6. The van der Waals surface area contributed by atoms with E-state index in [1.165, 1.54) is 11.9 Å². The van der Waals surface area contributed by atoms with Crippen LogP contribution in [0.3, 0.4) is 0 Å². The summed E-state index contributed by atoms with van der Waals surface area (Å²) in [6.07, 6.45) is 2.84. The zero-order valence-electron chi connectivity index (χ0n) is 13.9. The quantitative estimate of drug-likeness (QED) is 0.786. The molecule has 24 heavy (non-hydrogen) atoms. The highest BCUT2D eigenvalue weighted by atomic mass is 16.4. The molecule has 1 aromatic heterocycles. The van der Waals surface area contributed by atoms with E-state index in [-0.39, 0.29) is 18.9 Å². The highest BCUT2D eigenvalue weighted by Gasteiger charge is 2.32. The molecule has 0 saturated carbocycles. The normalized spacial score (nSPS) is 17.7. The first-order valence-electron chi connectivity index (χ1n) is 8.00. The van der Waals surface area contributed by atoms with Gasteiger partial charge in [0.1, 0.15) is 11.9 Å². The maximum absolute atomic E-state index is 12.7. The number of aryl methyl sites for hydroxylation is 1. The standard InChI is InChI=1S/C15H23N5O4/c1-3-20-12(6-8-16-20)19-9-4-5-11(14(19)23)17-15(24)18(2)10-7-13(21)22/h6,8,11H,3-5,7,9-10H2,1-2H3,(H,17,24)(H,21,22). The summed E-state index contributed by atoms with van der Waals surface area (Å²) in [6, 6.07) is 0.726. The Bertz CT molecular complexity index is 615. The van der Waals surface area contributed by atoms with Crippen LogP contribution in [0, 0.1) is 0 Å². The minimum absolute atomic E-state index is 0.0917. The minimum Gasteiger partial charge on any atom is -0.481 e. The third-order valence-electron chi connectivity index (χ3n) is 4.01. The molecule has 1 aromatic rings. The van der Waals surface area contributed by atoms with Gasteiger partial charge in [-0.25, -0.2) is 9.48 Å². The number of hydrogen-bond donors (Lipinski definition) is 2. The molecule has 9 heteroatoms. The van der Waals surface area contributed by atoms with Crippen LogP contribution in [-0.2, 0) is 16.1 Å². The van der Waals surface area contributed by atoms with Crippen molar-refractivity contribution < 1.29 is 19.5 Å². The third kappa shape index (κ3) is 4.03. The van der Waals surface area contributed by atoms with Crippen LogP contribution in [0.15, 0.2) is 12.3 Å². The molecule has 0 bridgehead atoms. The van der Waals surface area contributed by atoms with E-state index in [1.807, 2.05) is 6.92 Å². The predicted molar refractivity (Wildman–Crippen MR) is 86.7 cm³/mol. The second-order valence-corrected chi connectivity index (χ2v) is 5.70. The number of hydrogen-bond acceptors (Lipinski definition) is 4. The van der Waals surface area contributed by atoms with E-state index in [2.05, 4.69) is 10.4 Å². The molecule has 1 unspecified atom stereocenters. The van der Waals surface area contributed by atoms with Crippen molar-refractivity contribution in [3.8, 4) is 0 Å². The highest BCUT2D eigenvalue weighted by molar-refractivity contribution is 5.99. The summed E-state index contributed by atoms with van der Waals surface area (Å²) in [6.45, 7) is 3.28. The van der Waals surface area contributed by atoms with Crippen molar-refractivity contribution in [2.24, 2.45) is 0 Å². The number of urea groups is 1. The van der Waals surface area contributed by atoms with Crippen LogP contribution in [0.2, 0.25) is 0 Å². The number of carbonyl (C=O) groups is 3. The number of carboxylic acid groups (broad SMARTS) is 1. The summed E-state index contributed by atoms with van der Waals surface area (Å²) >= 11 is 0. The largest absolute Gasteiger partial charge is 0.481 e. The van der Waals surface area contributed by atoms with Crippen molar-refractivity contribution in [3.05, 3.63) is 12.3 Å². The van der Waals surface area contributed by atoms with Crippen LogP contribution in [0.4, 0.5) is 10.6 Å². The van der Waals surface area contributed by atoms with E-state index in [0.29, 0.717) is 19.5 Å². The zero-order chi connectivity index (χ0) is 17.7. The number of carbonyl (C=O) groups excluding carboxylic acids is 2. The van der Waals surface area contributed by atoms with E-state index in [4.69, 9.17) is 5.11 Å². The first-order chi connectivity index (χ1) is 11.4. The van der Waals surface area contributed by atoms with Crippen LogP contribution in [0.5, 0.6) is 0 Å². The van der Waals surface area contributed by atoms with Gasteiger partial charge in [-0.1, -0.05) is 0 Å². The predicted octanol–water partition coefficient (Wildman–Crippen LogP) is 0.515. The highest BCUT2D eigenvalue weighted by Crippen LogP contribution is 2.21. The summed E-state index contributed by atoms with van der Waals surface area (Å²) in [5.74, 6) is -0.417. The number of nitrogens with one attached hydrogen (secondary N) is 1. The average molecular weight is 337 g/mol. The molecule has 9 nitrogen and oxygen atoms in total. The summed E-state index contributed by atoms with van der Waals surface area (Å²) in [5, 5.41) is 15.5. The molecule has 0 spiro atoms.